The molecule has 1 aromatic carbocycles. The molecular formula is C23H36N4O3. The molecular weight excluding hydrogens is 380 g/mol. The Kier molecular flexibility index (Phi) is 7.72. The molecule has 2 atom stereocenters. The molecule has 7 heteroatoms. The van der Waals surface area contributed by atoms with Gasteiger partial charge in [-0.3, -0.25) is 9.69 Å². The SMILES string of the molecule is CC(C)NC(=O)Nc1ccc(C(=O)N2CCC(CN3CC(C)OC(C)C3)CC2)cc1. The summed E-state index contributed by atoms with van der Waals surface area (Å²) in [6.45, 7) is 12.8. The van der Waals surface area contributed by atoms with Crippen LogP contribution in [0.3, 0.4) is 0 Å². The molecule has 2 saturated heterocycles. The van der Waals surface area contributed by atoms with Gasteiger partial charge in [-0.25, -0.2) is 4.79 Å². The fraction of sp³-hybridized carbons (Fsp3) is 0.652. The summed E-state index contributed by atoms with van der Waals surface area (Å²) in [6.07, 6.45) is 2.68. The van der Waals surface area contributed by atoms with Gasteiger partial charge in [0.15, 0.2) is 0 Å². The highest BCUT2D eigenvalue weighted by molar-refractivity contribution is 5.95. The lowest BCUT2D eigenvalue weighted by Crippen LogP contribution is -2.48. The summed E-state index contributed by atoms with van der Waals surface area (Å²) in [5, 5.41) is 5.56. The van der Waals surface area contributed by atoms with Crippen molar-refractivity contribution in [2.45, 2.75) is 58.8 Å². The predicted molar refractivity (Wildman–Crippen MR) is 119 cm³/mol. The van der Waals surface area contributed by atoms with Crippen LogP contribution in [0.4, 0.5) is 10.5 Å². The van der Waals surface area contributed by atoms with E-state index in [-0.39, 0.29) is 18.0 Å². The molecule has 2 heterocycles. The quantitative estimate of drug-likeness (QED) is 0.773. The second-order valence-electron chi connectivity index (χ2n) is 9.04. The third kappa shape index (κ3) is 6.44. The van der Waals surface area contributed by atoms with Crippen LogP contribution in [0.25, 0.3) is 0 Å². The number of benzene rings is 1. The Hall–Kier alpha value is -2.12. The van der Waals surface area contributed by atoms with Gasteiger partial charge < -0.3 is 20.3 Å². The van der Waals surface area contributed by atoms with Crippen LogP contribution >= 0.6 is 0 Å². The average Bonchev–Trinajstić information content (AvgIpc) is 2.67. The number of amides is 3. The van der Waals surface area contributed by atoms with Gasteiger partial charge in [0.2, 0.25) is 0 Å². The largest absolute Gasteiger partial charge is 0.373 e. The molecule has 0 spiro atoms. The molecule has 7 nitrogen and oxygen atoms in total. The van der Waals surface area contributed by atoms with Crippen LogP contribution < -0.4 is 10.6 Å². The number of nitrogens with zero attached hydrogens (tertiary/aromatic N) is 2. The Morgan fingerprint density at radius 2 is 1.67 bits per heavy atom. The molecule has 2 N–H and O–H groups in total. The molecule has 0 bridgehead atoms. The van der Waals surface area contributed by atoms with E-state index >= 15 is 0 Å². The molecule has 30 heavy (non-hydrogen) atoms. The highest BCUT2D eigenvalue weighted by Crippen LogP contribution is 2.22. The molecule has 0 aliphatic carbocycles. The van der Waals surface area contributed by atoms with E-state index in [1.54, 1.807) is 24.3 Å². The van der Waals surface area contributed by atoms with Crippen molar-refractivity contribution in [1.29, 1.82) is 0 Å². The standard InChI is InChI=1S/C23H36N4O3/c1-16(2)24-23(29)25-21-7-5-20(6-8-21)22(28)27-11-9-19(10-12-27)15-26-13-17(3)30-18(4)14-26/h5-8,16-19H,9-15H2,1-4H3,(H2,24,25,29). The zero-order valence-electron chi connectivity index (χ0n) is 18.7. The number of anilines is 1. The van der Waals surface area contributed by atoms with Crippen LogP contribution in [-0.2, 0) is 4.74 Å². The van der Waals surface area contributed by atoms with Crippen molar-refractivity contribution < 1.29 is 14.3 Å². The smallest absolute Gasteiger partial charge is 0.319 e. The maximum absolute atomic E-state index is 12.9. The Morgan fingerprint density at radius 3 is 2.23 bits per heavy atom. The number of hydrogen-bond donors (Lipinski definition) is 2. The Balaban J connectivity index is 1.46. The van der Waals surface area contributed by atoms with Crippen molar-refractivity contribution in [2.75, 3.05) is 38.0 Å². The van der Waals surface area contributed by atoms with E-state index in [1.165, 1.54) is 0 Å². The zero-order chi connectivity index (χ0) is 21.7. The number of carbonyl (C=O) groups is 2. The molecule has 0 radical (unpaired) electrons. The number of likely N-dealkylation sites (tertiary alicyclic amines) is 1. The monoisotopic (exact) mass is 416 g/mol. The number of morpholine rings is 1. The van der Waals surface area contributed by atoms with Crippen LogP contribution in [-0.4, -0.2) is 72.7 Å². The fourth-order valence-corrected chi connectivity index (χ4v) is 4.43. The van der Waals surface area contributed by atoms with Crippen molar-refractivity contribution in [3.8, 4) is 0 Å². The third-order valence-corrected chi connectivity index (χ3v) is 5.72. The summed E-state index contributed by atoms with van der Waals surface area (Å²) in [5.41, 5.74) is 1.34. The molecule has 2 aliphatic rings. The van der Waals surface area contributed by atoms with Crippen LogP contribution in [0.15, 0.2) is 24.3 Å². The third-order valence-electron chi connectivity index (χ3n) is 5.72. The first-order chi connectivity index (χ1) is 14.3. The van der Waals surface area contributed by atoms with E-state index in [4.69, 9.17) is 4.74 Å². The number of carbonyl (C=O) groups excluding carboxylic acids is 2. The summed E-state index contributed by atoms with van der Waals surface area (Å²) in [6, 6.07) is 6.96. The minimum atomic E-state index is -0.241. The second-order valence-corrected chi connectivity index (χ2v) is 9.04. The van der Waals surface area contributed by atoms with Gasteiger partial charge in [-0.2, -0.15) is 0 Å². The summed E-state index contributed by atoms with van der Waals surface area (Å²) in [4.78, 5) is 29.1. The second kappa shape index (κ2) is 10.3. The van der Waals surface area contributed by atoms with Gasteiger partial charge in [-0.05, 0) is 70.7 Å². The number of nitrogens with one attached hydrogen (secondary N) is 2. The summed E-state index contributed by atoms with van der Waals surface area (Å²) in [7, 11) is 0. The first-order valence-corrected chi connectivity index (χ1v) is 11.1. The number of hydrogen-bond acceptors (Lipinski definition) is 4. The topological polar surface area (TPSA) is 73.9 Å². The van der Waals surface area contributed by atoms with E-state index in [0.717, 1.165) is 45.6 Å². The van der Waals surface area contributed by atoms with E-state index < -0.39 is 0 Å². The normalized spacial score (nSPS) is 23.4. The van der Waals surface area contributed by atoms with Crippen molar-refractivity contribution in [3.05, 3.63) is 29.8 Å². The average molecular weight is 417 g/mol. The first kappa shape index (κ1) is 22.6. The van der Waals surface area contributed by atoms with E-state index in [9.17, 15) is 9.59 Å². The molecule has 0 saturated carbocycles. The van der Waals surface area contributed by atoms with E-state index in [2.05, 4.69) is 29.4 Å². The molecule has 3 amide bonds. The minimum Gasteiger partial charge on any atom is -0.373 e. The maximum atomic E-state index is 12.9. The van der Waals surface area contributed by atoms with Crippen LogP contribution in [0.5, 0.6) is 0 Å². The number of ether oxygens (including phenoxy) is 1. The van der Waals surface area contributed by atoms with Crippen molar-refractivity contribution in [3.63, 3.8) is 0 Å². The summed E-state index contributed by atoms with van der Waals surface area (Å²) < 4.78 is 5.83. The molecule has 2 unspecified atom stereocenters. The van der Waals surface area contributed by atoms with Gasteiger partial charge in [-0.1, -0.05) is 0 Å². The molecule has 166 valence electrons. The lowest BCUT2D eigenvalue weighted by Gasteiger charge is -2.39. The highest BCUT2D eigenvalue weighted by atomic mass is 16.5. The van der Waals surface area contributed by atoms with Crippen molar-refractivity contribution >= 4 is 17.6 Å². The molecule has 3 rings (SSSR count). The lowest BCUT2D eigenvalue weighted by molar-refractivity contribution is -0.0728. The molecule has 1 aromatic rings. The number of piperidine rings is 1. The zero-order valence-corrected chi connectivity index (χ0v) is 18.7. The lowest BCUT2D eigenvalue weighted by atomic mass is 9.95. The van der Waals surface area contributed by atoms with Crippen molar-refractivity contribution in [2.24, 2.45) is 5.92 Å². The molecule has 2 fully saturated rings. The van der Waals surface area contributed by atoms with E-state index in [0.29, 0.717) is 29.4 Å². The highest BCUT2D eigenvalue weighted by Gasteiger charge is 2.28. The Labute approximate surface area is 180 Å². The first-order valence-electron chi connectivity index (χ1n) is 11.1. The van der Waals surface area contributed by atoms with Crippen LogP contribution in [0, 0.1) is 5.92 Å². The Bertz CT molecular complexity index is 704. The van der Waals surface area contributed by atoms with Crippen LogP contribution in [0.2, 0.25) is 0 Å². The van der Waals surface area contributed by atoms with Gasteiger partial charge >= 0.3 is 6.03 Å². The predicted octanol–water partition coefficient (Wildman–Crippen LogP) is 3.18. The number of rotatable bonds is 5. The minimum absolute atomic E-state index is 0.0697. The van der Waals surface area contributed by atoms with Gasteiger partial charge in [0, 0.05) is 50.0 Å². The van der Waals surface area contributed by atoms with Gasteiger partial charge in [0.1, 0.15) is 0 Å². The number of urea groups is 1. The van der Waals surface area contributed by atoms with Gasteiger partial charge in [-0.15, -0.1) is 0 Å². The molecule has 0 aromatic heterocycles. The summed E-state index contributed by atoms with van der Waals surface area (Å²) in [5.74, 6) is 0.706. The van der Waals surface area contributed by atoms with Gasteiger partial charge in [0.25, 0.3) is 5.91 Å². The summed E-state index contributed by atoms with van der Waals surface area (Å²) >= 11 is 0. The van der Waals surface area contributed by atoms with Crippen molar-refractivity contribution in [1.82, 2.24) is 15.1 Å². The fourth-order valence-electron chi connectivity index (χ4n) is 4.43. The van der Waals surface area contributed by atoms with E-state index in [1.807, 2.05) is 18.7 Å². The molecule has 2 aliphatic heterocycles. The van der Waals surface area contributed by atoms with Gasteiger partial charge in [0.05, 0.1) is 12.2 Å². The van der Waals surface area contributed by atoms with Crippen LogP contribution in [0.1, 0.15) is 50.9 Å². The Morgan fingerprint density at radius 1 is 1.07 bits per heavy atom. The maximum Gasteiger partial charge on any atom is 0.319 e.